The van der Waals surface area contributed by atoms with Crippen LogP contribution in [-0.2, 0) is 13.9 Å². The fourth-order valence-electron chi connectivity index (χ4n) is 0.862. The monoisotopic (exact) mass is 191 g/mol. The van der Waals surface area contributed by atoms with Gasteiger partial charge in [0.1, 0.15) is 0 Å². The summed E-state index contributed by atoms with van der Waals surface area (Å²) in [6.45, 7) is 4.36. The Morgan fingerprint density at radius 3 is 2.25 bits per heavy atom. The second-order valence-corrected chi connectivity index (χ2v) is 2.59. The van der Waals surface area contributed by atoms with Crippen molar-refractivity contribution in [3.63, 3.8) is 0 Å². The van der Waals surface area contributed by atoms with E-state index in [1.54, 1.807) is 11.1 Å². The molecule has 1 heterocycles. The zero-order valence-electron chi connectivity index (χ0n) is 6.47. The van der Waals surface area contributed by atoms with Crippen LogP contribution in [0.1, 0.15) is 12.8 Å². The zero-order chi connectivity index (χ0) is 9.56. The minimum absolute atomic E-state index is 0.208. The van der Waals surface area contributed by atoms with E-state index >= 15 is 0 Å². The van der Waals surface area contributed by atoms with Gasteiger partial charge in [-0.2, -0.15) is 0 Å². The first-order valence-electron chi connectivity index (χ1n) is 3.33. The maximum absolute atomic E-state index is 10.7. The van der Waals surface area contributed by atoms with Crippen LogP contribution in [0.3, 0.4) is 0 Å². The second-order valence-electron chi connectivity index (χ2n) is 2.11. The molecule has 0 radical (unpaired) electrons. The minimum Gasteiger partial charge on any atom is -0.320 e. The number of likely N-dealkylation sites (tertiary alicyclic amines) is 1. The van der Waals surface area contributed by atoms with Gasteiger partial charge in [0.2, 0.25) is 5.91 Å². The third kappa shape index (κ3) is 4.82. The van der Waals surface area contributed by atoms with Crippen LogP contribution in [0.2, 0.25) is 0 Å². The molecule has 0 unspecified atom stereocenters. The van der Waals surface area contributed by atoms with E-state index in [1.807, 2.05) is 0 Å². The van der Waals surface area contributed by atoms with E-state index < -0.39 is 7.91 Å². The highest BCUT2D eigenvalue weighted by atomic mass is 31.1. The molecule has 0 bridgehead atoms. The van der Waals surface area contributed by atoms with Crippen LogP contribution in [-0.4, -0.2) is 22.2 Å². The van der Waals surface area contributed by atoms with Crippen LogP contribution < -0.4 is 0 Å². The Balaban J connectivity index is 0.000000261. The third-order valence-corrected chi connectivity index (χ3v) is 1.33. The Labute approximate surface area is 70.6 Å². The lowest BCUT2D eigenvalue weighted by Gasteiger charge is -2.05. The quantitative estimate of drug-likeness (QED) is 0.622. The molecule has 1 aliphatic rings. The molecule has 0 spiro atoms. The van der Waals surface area contributed by atoms with Crippen LogP contribution in [0.15, 0.2) is 12.8 Å². The summed E-state index contributed by atoms with van der Waals surface area (Å²) in [4.78, 5) is 19.3. The van der Waals surface area contributed by atoms with E-state index in [2.05, 4.69) is 6.58 Å². The molecule has 0 saturated carbocycles. The van der Waals surface area contributed by atoms with Crippen molar-refractivity contribution < 1.29 is 18.8 Å². The molecule has 1 N–H and O–H groups in total. The molecule has 6 heteroatoms. The van der Waals surface area contributed by atoms with E-state index in [9.17, 15) is 4.79 Å². The summed E-state index contributed by atoms with van der Waals surface area (Å²) >= 11 is 0. The van der Waals surface area contributed by atoms with Crippen LogP contribution in [0.5, 0.6) is 0 Å². The number of amides is 1. The average molecular weight is 191 g/mol. The van der Waals surface area contributed by atoms with Crippen LogP contribution in [0, 0.1) is 0 Å². The summed E-state index contributed by atoms with van der Waals surface area (Å²) in [5.41, 5.74) is 0. The maximum atomic E-state index is 10.7. The van der Waals surface area contributed by atoms with Crippen molar-refractivity contribution in [1.82, 2.24) is 4.90 Å². The standard InChI is InChI=1S/C6H9NO.HO3P/c1-2-7-5-3-4-6(7)8;1-4(2)3/h2H,1,3-5H2;(H,1,2,3). The van der Waals surface area contributed by atoms with Gasteiger partial charge < -0.3 is 4.90 Å². The molecule has 0 aliphatic carbocycles. The highest BCUT2D eigenvalue weighted by molar-refractivity contribution is 7.23. The average Bonchev–Trinajstić information content (AvgIpc) is 2.33. The first-order valence-corrected chi connectivity index (χ1v) is 4.46. The summed E-state index contributed by atoms with van der Waals surface area (Å²) in [7, 11) is -3.12. The fraction of sp³-hybridized carbons (Fsp3) is 0.500. The van der Waals surface area contributed by atoms with Crippen LogP contribution in [0.4, 0.5) is 0 Å². The predicted octanol–water partition coefficient (Wildman–Crippen LogP) is 0.819. The molecule has 0 aromatic rings. The van der Waals surface area contributed by atoms with Gasteiger partial charge in [-0.15, -0.1) is 0 Å². The van der Waals surface area contributed by atoms with Gasteiger partial charge in [-0.05, 0) is 12.6 Å². The Morgan fingerprint density at radius 2 is 2.08 bits per heavy atom. The highest BCUT2D eigenvalue weighted by Crippen LogP contribution is 2.08. The number of hydrogen-bond acceptors (Lipinski definition) is 3. The number of hydrogen-bond donors (Lipinski definition) is 1. The molecule has 0 aromatic heterocycles. The van der Waals surface area contributed by atoms with E-state index in [0.717, 1.165) is 13.0 Å². The van der Waals surface area contributed by atoms with Crippen molar-refractivity contribution in [2.24, 2.45) is 0 Å². The Kier molecular flexibility index (Phi) is 5.25. The second kappa shape index (κ2) is 5.69. The van der Waals surface area contributed by atoms with Gasteiger partial charge in [0.15, 0.2) is 0 Å². The lowest BCUT2D eigenvalue weighted by molar-refractivity contribution is -0.125. The van der Waals surface area contributed by atoms with Crippen molar-refractivity contribution >= 4 is 13.8 Å². The zero-order valence-corrected chi connectivity index (χ0v) is 7.37. The summed E-state index contributed by atoms with van der Waals surface area (Å²) < 4.78 is 17.2. The lowest BCUT2D eigenvalue weighted by atomic mass is 10.4. The van der Waals surface area contributed by atoms with Crippen molar-refractivity contribution in [3.8, 4) is 0 Å². The highest BCUT2D eigenvalue weighted by Gasteiger charge is 2.15. The van der Waals surface area contributed by atoms with Crippen molar-refractivity contribution in [3.05, 3.63) is 12.8 Å². The van der Waals surface area contributed by atoms with Gasteiger partial charge in [-0.25, -0.2) is 9.13 Å². The molecule has 68 valence electrons. The minimum atomic E-state index is -3.12. The molecule has 1 amide bonds. The van der Waals surface area contributed by atoms with Crippen molar-refractivity contribution in [2.75, 3.05) is 6.54 Å². The van der Waals surface area contributed by atoms with Gasteiger partial charge in [0.25, 0.3) is 0 Å². The first-order chi connectivity index (χ1) is 5.57. The molecule has 1 aliphatic heterocycles. The molecule has 12 heavy (non-hydrogen) atoms. The number of nitrogens with zero attached hydrogens (tertiary/aromatic N) is 1. The third-order valence-electron chi connectivity index (χ3n) is 1.33. The summed E-state index contributed by atoms with van der Waals surface area (Å²) in [6.07, 6.45) is 3.28. The Hall–Kier alpha value is -0.930. The van der Waals surface area contributed by atoms with Gasteiger partial charge in [0, 0.05) is 13.0 Å². The van der Waals surface area contributed by atoms with E-state index in [1.165, 1.54) is 0 Å². The smallest absolute Gasteiger partial charge is 0.320 e. The molecule has 1 saturated heterocycles. The predicted molar refractivity (Wildman–Crippen MR) is 41.7 cm³/mol. The SMILES string of the molecule is C=CN1CCCC1=O.O=P(=O)O. The molecule has 0 aromatic carbocycles. The summed E-state index contributed by atoms with van der Waals surface area (Å²) in [5.74, 6) is 0.208. The summed E-state index contributed by atoms with van der Waals surface area (Å²) in [6, 6.07) is 0. The van der Waals surface area contributed by atoms with Gasteiger partial charge in [0.05, 0.1) is 0 Å². The van der Waals surface area contributed by atoms with E-state index in [4.69, 9.17) is 14.0 Å². The van der Waals surface area contributed by atoms with Crippen LogP contribution >= 0.6 is 7.91 Å². The fourth-order valence-corrected chi connectivity index (χ4v) is 0.862. The largest absolute Gasteiger partial charge is 0.465 e. The summed E-state index contributed by atoms with van der Waals surface area (Å²) in [5, 5.41) is 0. The number of rotatable bonds is 1. The van der Waals surface area contributed by atoms with E-state index in [0.29, 0.717) is 6.42 Å². The number of carbonyl (C=O) groups is 1. The van der Waals surface area contributed by atoms with Gasteiger partial charge in [-0.1, -0.05) is 6.58 Å². The molecule has 1 fully saturated rings. The lowest BCUT2D eigenvalue weighted by Crippen LogP contribution is -2.16. The van der Waals surface area contributed by atoms with Crippen molar-refractivity contribution in [2.45, 2.75) is 12.8 Å². The maximum Gasteiger partial charge on any atom is 0.465 e. The Bertz CT molecular complexity index is 228. The molecule has 5 nitrogen and oxygen atoms in total. The molecule has 1 rings (SSSR count). The van der Waals surface area contributed by atoms with E-state index in [-0.39, 0.29) is 5.91 Å². The molecule has 0 atom stereocenters. The topological polar surface area (TPSA) is 74.7 Å². The van der Waals surface area contributed by atoms with Crippen molar-refractivity contribution in [1.29, 1.82) is 0 Å². The van der Waals surface area contributed by atoms with Crippen LogP contribution in [0.25, 0.3) is 0 Å². The van der Waals surface area contributed by atoms with Gasteiger partial charge >= 0.3 is 7.91 Å². The molecular formula is C6H10NO4P. The molecular weight excluding hydrogens is 181 g/mol. The first kappa shape index (κ1) is 11.1. The van der Waals surface area contributed by atoms with Gasteiger partial charge in [-0.3, -0.25) is 9.69 Å². The number of carbonyl (C=O) groups excluding carboxylic acids is 1. The normalized spacial score (nSPS) is 15.1. The Morgan fingerprint density at radius 1 is 1.58 bits per heavy atom.